The van der Waals surface area contributed by atoms with Crippen LogP contribution >= 0.6 is 11.3 Å². The summed E-state index contributed by atoms with van der Waals surface area (Å²) in [6.07, 6.45) is 1.12. The highest BCUT2D eigenvalue weighted by Gasteiger charge is 2.18. The largest absolute Gasteiger partial charge is 0.320 e. The number of sulfonamides is 1. The molecule has 0 spiro atoms. The number of rotatable bonds is 4. The van der Waals surface area contributed by atoms with Gasteiger partial charge < -0.3 is 5.32 Å². The van der Waals surface area contributed by atoms with Crippen LogP contribution in [-0.4, -0.2) is 27.6 Å². The SMILES string of the molecule is Cc1cscc1C(=O)Nc1ccccc1N(C)S(C)(=O)=O. The molecule has 0 atom stereocenters. The summed E-state index contributed by atoms with van der Waals surface area (Å²) < 4.78 is 24.5. The monoisotopic (exact) mass is 324 g/mol. The van der Waals surface area contributed by atoms with Gasteiger partial charge in [0.2, 0.25) is 10.0 Å². The third kappa shape index (κ3) is 3.43. The number of para-hydroxylation sites is 2. The first-order valence-electron chi connectivity index (χ1n) is 6.18. The molecular weight excluding hydrogens is 308 g/mol. The van der Waals surface area contributed by atoms with Gasteiger partial charge in [-0.2, -0.15) is 11.3 Å². The van der Waals surface area contributed by atoms with Gasteiger partial charge in [0.1, 0.15) is 0 Å². The summed E-state index contributed by atoms with van der Waals surface area (Å²) in [5.74, 6) is -0.247. The van der Waals surface area contributed by atoms with Crippen molar-refractivity contribution in [3.63, 3.8) is 0 Å². The second kappa shape index (κ2) is 5.87. The summed E-state index contributed by atoms with van der Waals surface area (Å²) in [6.45, 7) is 1.86. The predicted molar refractivity (Wildman–Crippen MR) is 86.7 cm³/mol. The minimum atomic E-state index is -3.39. The summed E-state index contributed by atoms with van der Waals surface area (Å²) in [7, 11) is -1.94. The van der Waals surface area contributed by atoms with E-state index >= 15 is 0 Å². The lowest BCUT2D eigenvalue weighted by molar-refractivity contribution is 0.102. The maximum atomic E-state index is 12.2. The fourth-order valence-electron chi connectivity index (χ4n) is 1.82. The van der Waals surface area contributed by atoms with Gasteiger partial charge in [-0.15, -0.1) is 0 Å². The van der Waals surface area contributed by atoms with Crippen molar-refractivity contribution >= 4 is 38.6 Å². The van der Waals surface area contributed by atoms with Crippen molar-refractivity contribution in [3.05, 3.63) is 46.2 Å². The summed E-state index contributed by atoms with van der Waals surface area (Å²) in [6, 6.07) is 6.80. The number of nitrogens with zero attached hydrogens (tertiary/aromatic N) is 1. The Hall–Kier alpha value is -1.86. The van der Waals surface area contributed by atoms with E-state index < -0.39 is 10.0 Å². The molecule has 0 fully saturated rings. The van der Waals surface area contributed by atoms with E-state index in [1.165, 1.54) is 18.4 Å². The zero-order chi connectivity index (χ0) is 15.6. The van der Waals surface area contributed by atoms with Gasteiger partial charge in [0, 0.05) is 12.4 Å². The summed E-state index contributed by atoms with van der Waals surface area (Å²) >= 11 is 1.45. The zero-order valence-corrected chi connectivity index (χ0v) is 13.6. The van der Waals surface area contributed by atoms with E-state index in [0.29, 0.717) is 16.9 Å². The van der Waals surface area contributed by atoms with Gasteiger partial charge >= 0.3 is 0 Å². The van der Waals surface area contributed by atoms with Crippen molar-refractivity contribution in [2.75, 3.05) is 22.9 Å². The fourth-order valence-corrected chi connectivity index (χ4v) is 3.16. The summed E-state index contributed by atoms with van der Waals surface area (Å²) in [5, 5.41) is 6.43. The van der Waals surface area contributed by atoms with Gasteiger partial charge in [-0.1, -0.05) is 12.1 Å². The molecule has 7 heteroatoms. The third-order valence-corrected chi connectivity index (χ3v) is 5.14. The highest BCUT2D eigenvalue weighted by atomic mass is 32.2. The van der Waals surface area contributed by atoms with Gasteiger partial charge in [0.25, 0.3) is 5.91 Å². The van der Waals surface area contributed by atoms with Crippen LogP contribution < -0.4 is 9.62 Å². The molecule has 0 aliphatic heterocycles. The molecule has 0 radical (unpaired) electrons. The molecular formula is C14H16N2O3S2. The maximum Gasteiger partial charge on any atom is 0.256 e. The first-order valence-corrected chi connectivity index (χ1v) is 8.97. The molecule has 0 bridgehead atoms. The minimum Gasteiger partial charge on any atom is -0.320 e. The van der Waals surface area contributed by atoms with E-state index in [2.05, 4.69) is 5.32 Å². The number of thiophene rings is 1. The number of benzene rings is 1. The lowest BCUT2D eigenvalue weighted by Crippen LogP contribution is -2.26. The quantitative estimate of drug-likeness (QED) is 0.940. The molecule has 2 aromatic rings. The van der Waals surface area contributed by atoms with Crippen LogP contribution in [0.1, 0.15) is 15.9 Å². The Bertz CT molecular complexity index is 766. The van der Waals surface area contributed by atoms with Crippen molar-refractivity contribution in [1.29, 1.82) is 0 Å². The number of amides is 1. The Morgan fingerprint density at radius 3 is 2.48 bits per heavy atom. The first kappa shape index (κ1) is 15.5. The van der Waals surface area contributed by atoms with Crippen molar-refractivity contribution in [2.24, 2.45) is 0 Å². The van der Waals surface area contributed by atoms with Gasteiger partial charge in [-0.25, -0.2) is 8.42 Å². The number of carbonyl (C=O) groups is 1. The lowest BCUT2D eigenvalue weighted by atomic mass is 10.2. The van der Waals surface area contributed by atoms with Crippen molar-refractivity contribution < 1.29 is 13.2 Å². The average molecular weight is 324 g/mol. The molecule has 1 aromatic heterocycles. The van der Waals surface area contributed by atoms with Gasteiger partial charge in [-0.3, -0.25) is 9.10 Å². The van der Waals surface area contributed by atoms with E-state index in [-0.39, 0.29) is 5.91 Å². The van der Waals surface area contributed by atoms with Crippen LogP contribution in [0.3, 0.4) is 0 Å². The molecule has 0 aliphatic rings. The van der Waals surface area contributed by atoms with Crippen LogP contribution in [0.5, 0.6) is 0 Å². The van der Waals surface area contributed by atoms with Gasteiger partial charge in [-0.05, 0) is 30.0 Å². The molecule has 1 amide bonds. The van der Waals surface area contributed by atoms with Crippen LogP contribution in [0.15, 0.2) is 35.0 Å². The highest BCUT2D eigenvalue weighted by molar-refractivity contribution is 7.92. The predicted octanol–water partition coefficient (Wildman–Crippen LogP) is 2.70. The van der Waals surface area contributed by atoms with Crippen molar-refractivity contribution in [1.82, 2.24) is 0 Å². The lowest BCUT2D eigenvalue weighted by Gasteiger charge is -2.20. The molecule has 112 valence electrons. The van der Waals surface area contributed by atoms with Crippen LogP contribution in [0.25, 0.3) is 0 Å². The van der Waals surface area contributed by atoms with Crippen LogP contribution in [0.4, 0.5) is 11.4 Å². The number of carbonyl (C=O) groups excluding carboxylic acids is 1. The second-order valence-corrected chi connectivity index (χ2v) is 7.43. The first-order chi connectivity index (χ1) is 9.80. The van der Waals surface area contributed by atoms with E-state index in [1.54, 1.807) is 29.6 Å². The Morgan fingerprint density at radius 1 is 1.24 bits per heavy atom. The van der Waals surface area contributed by atoms with Gasteiger partial charge in [0.05, 0.1) is 23.2 Å². The topological polar surface area (TPSA) is 66.5 Å². The van der Waals surface area contributed by atoms with E-state index in [1.807, 2.05) is 12.3 Å². The highest BCUT2D eigenvalue weighted by Crippen LogP contribution is 2.27. The molecule has 0 saturated carbocycles. The molecule has 2 rings (SSSR count). The van der Waals surface area contributed by atoms with E-state index in [4.69, 9.17) is 0 Å². The molecule has 1 aromatic carbocycles. The molecule has 1 N–H and O–H groups in total. The van der Waals surface area contributed by atoms with Crippen LogP contribution in [0, 0.1) is 6.92 Å². The number of hydrogen-bond acceptors (Lipinski definition) is 4. The summed E-state index contributed by atoms with van der Waals surface area (Å²) in [4.78, 5) is 12.2. The molecule has 5 nitrogen and oxygen atoms in total. The minimum absolute atomic E-state index is 0.247. The van der Waals surface area contributed by atoms with E-state index in [9.17, 15) is 13.2 Å². The number of hydrogen-bond donors (Lipinski definition) is 1. The molecule has 0 aliphatic carbocycles. The van der Waals surface area contributed by atoms with Gasteiger partial charge in [0.15, 0.2) is 0 Å². The second-order valence-electron chi connectivity index (χ2n) is 4.67. The summed E-state index contributed by atoms with van der Waals surface area (Å²) in [5.41, 5.74) is 2.38. The maximum absolute atomic E-state index is 12.2. The van der Waals surface area contributed by atoms with Crippen molar-refractivity contribution in [3.8, 4) is 0 Å². The Balaban J connectivity index is 2.34. The molecule has 21 heavy (non-hydrogen) atoms. The molecule has 0 saturated heterocycles. The smallest absolute Gasteiger partial charge is 0.256 e. The van der Waals surface area contributed by atoms with Crippen molar-refractivity contribution in [2.45, 2.75) is 6.92 Å². The third-order valence-electron chi connectivity index (χ3n) is 3.09. The Morgan fingerprint density at radius 2 is 1.90 bits per heavy atom. The fraction of sp³-hybridized carbons (Fsp3) is 0.214. The average Bonchev–Trinajstić information content (AvgIpc) is 2.84. The number of nitrogens with one attached hydrogen (secondary N) is 1. The zero-order valence-electron chi connectivity index (χ0n) is 12.0. The number of aryl methyl sites for hydroxylation is 1. The normalized spacial score (nSPS) is 11.2. The Labute approximate surface area is 128 Å². The Kier molecular flexibility index (Phi) is 4.34. The molecule has 0 unspecified atom stereocenters. The van der Waals surface area contributed by atoms with E-state index in [0.717, 1.165) is 16.1 Å². The van der Waals surface area contributed by atoms with Crippen LogP contribution in [0.2, 0.25) is 0 Å². The standard InChI is InChI=1S/C14H16N2O3S2/c1-10-8-20-9-11(10)14(17)15-12-6-4-5-7-13(12)16(2)21(3,18)19/h4-9H,1-3H3,(H,15,17). The number of anilines is 2. The van der Waals surface area contributed by atoms with Crippen LogP contribution in [-0.2, 0) is 10.0 Å². The molecule has 1 heterocycles.